The van der Waals surface area contributed by atoms with E-state index in [2.05, 4.69) is 20.6 Å². The minimum absolute atomic E-state index is 0.0634. The van der Waals surface area contributed by atoms with Gasteiger partial charge in [-0.1, -0.05) is 12.1 Å². The number of aryl methyl sites for hydroxylation is 1. The molecule has 1 N–H and O–H groups in total. The van der Waals surface area contributed by atoms with Crippen LogP contribution in [0, 0.1) is 6.92 Å². The lowest BCUT2D eigenvalue weighted by Crippen LogP contribution is -2.23. The largest absolute Gasteiger partial charge is 0.493 e. The average Bonchev–Trinajstić information content (AvgIpc) is 3.07. The van der Waals surface area contributed by atoms with E-state index >= 15 is 0 Å². The van der Waals surface area contributed by atoms with Crippen molar-refractivity contribution >= 4 is 5.82 Å². The molecule has 0 saturated carbocycles. The molecule has 7 nitrogen and oxygen atoms in total. The molecule has 0 bridgehead atoms. The topological polar surface area (TPSA) is 74.1 Å². The van der Waals surface area contributed by atoms with Crippen LogP contribution in [0.3, 0.4) is 0 Å². The van der Waals surface area contributed by atoms with Crippen molar-refractivity contribution in [3.8, 4) is 17.3 Å². The number of hydrogen-bond acceptors (Lipinski definition) is 6. The predicted octanol–water partition coefficient (Wildman–Crippen LogP) is 2.86. The SMILES string of the molecule is COc1ccccc1OC(C)CNc1ccc(-n2ccc(C)n2)nn1. The summed E-state index contributed by atoms with van der Waals surface area (Å²) in [6.45, 7) is 4.50. The van der Waals surface area contributed by atoms with Gasteiger partial charge in [0.1, 0.15) is 11.9 Å². The predicted molar refractivity (Wildman–Crippen MR) is 95.5 cm³/mol. The molecule has 3 rings (SSSR count). The summed E-state index contributed by atoms with van der Waals surface area (Å²) in [7, 11) is 1.63. The van der Waals surface area contributed by atoms with Gasteiger partial charge in [0.25, 0.3) is 0 Å². The molecule has 0 fully saturated rings. The standard InChI is InChI=1S/C18H21N5O2/c1-13-10-11-23(22-13)18-9-8-17(20-21-18)19-12-14(2)25-16-7-5-4-6-15(16)24-3/h4-11,14H,12H2,1-3H3,(H,19,20). The molecule has 1 aromatic carbocycles. The average molecular weight is 339 g/mol. The summed E-state index contributed by atoms with van der Waals surface area (Å²) < 4.78 is 12.9. The van der Waals surface area contributed by atoms with Crippen LogP contribution in [0.5, 0.6) is 11.5 Å². The Morgan fingerprint density at radius 3 is 2.52 bits per heavy atom. The molecule has 0 aliphatic carbocycles. The Morgan fingerprint density at radius 1 is 1.08 bits per heavy atom. The van der Waals surface area contributed by atoms with Crippen molar-refractivity contribution in [1.29, 1.82) is 0 Å². The molecule has 0 spiro atoms. The maximum absolute atomic E-state index is 5.90. The van der Waals surface area contributed by atoms with E-state index in [1.807, 2.05) is 62.5 Å². The Balaban J connectivity index is 1.56. The number of nitrogens with zero attached hydrogens (tertiary/aromatic N) is 4. The summed E-state index contributed by atoms with van der Waals surface area (Å²) in [5.41, 5.74) is 0.936. The first kappa shape index (κ1) is 16.8. The third kappa shape index (κ3) is 4.26. The van der Waals surface area contributed by atoms with Crippen LogP contribution >= 0.6 is 0 Å². The lowest BCUT2D eigenvalue weighted by Gasteiger charge is -2.17. The fourth-order valence-electron chi connectivity index (χ4n) is 2.31. The molecule has 2 aromatic heterocycles. The Morgan fingerprint density at radius 2 is 1.88 bits per heavy atom. The number of methoxy groups -OCH3 is 1. The summed E-state index contributed by atoms with van der Waals surface area (Å²) in [6, 6.07) is 13.2. The highest BCUT2D eigenvalue weighted by atomic mass is 16.5. The van der Waals surface area contributed by atoms with Crippen LogP contribution < -0.4 is 14.8 Å². The first-order chi connectivity index (χ1) is 12.2. The van der Waals surface area contributed by atoms with Crippen molar-refractivity contribution in [3.05, 3.63) is 54.4 Å². The second-order valence-electron chi connectivity index (χ2n) is 5.64. The maximum Gasteiger partial charge on any atom is 0.175 e. The van der Waals surface area contributed by atoms with E-state index < -0.39 is 0 Å². The zero-order chi connectivity index (χ0) is 17.6. The number of anilines is 1. The number of para-hydroxylation sites is 2. The zero-order valence-corrected chi connectivity index (χ0v) is 14.5. The van der Waals surface area contributed by atoms with Crippen molar-refractivity contribution in [3.63, 3.8) is 0 Å². The summed E-state index contributed by atoms with van der Waals surface area (Å²) >= 11 is 0. The molecular weight excluding hydrogens is 318 g/mol. The molecule has 0 amide bonds. The lowest BCUT2D eigenvalue weighted by atomic mass is 10.3. The van der Waals surface area contributed by atoms with Gasteiger partial charge >= 0.3 is 0 Å². The Hall–Kier alpha value is -3.09. The fraction of sp³-hybridized carbons (Fsp3) is 0.278. The third-order valence-electron chi connectivity index (χ3n) is 3.58. The quantitative estimate of drug-likeness (QED) is 0.713. The van der Waals surface area contributed by atoms with Crippen LogP contribution in [0.1, 0.15) is 12.6 Å². The Kier molecular flexibility index (Phi) is 5.13. The molecule has 25 heavy (non-hydrogen) atoms. The van der Waals surface area contributed by atoms with Crippen LogP contribution in [0.4, 0.5) is 5.82 Å². The molecule has 0 radical (unpaired) electrons. The molecule has 3 aromatic rings. The monoisotopic (exact) mass is 339 g/mol. The smallest absolute Gasteiger partial charge is 0.175 e. The number of hydrogen-bond donors (Lipinski definition) is 1. The van der Waals surface area contributed by atoms with Crippen LogP contribution in [0.15, 0.2) is 48.7 Å². The molecule has 1 unspecified atom stereocenters. The van der Waals surface area contributed by atoms with Gasteiger partial charge in [0, 0.05) is 6.20 Å². The van der Waals surface area contributed by atoms with E-state index in [9.17, 15) is 0 Å². The molecule has 0 aliphatic rings. The second-order valence-corrected chi connectivity index (χ2v) is 5.64. The molecule has 7 heteroatoms. The first-order valence-electron chi connectivity index (χ1n) is 8.05. The van der Waals surface area contributed by atoms with E-state index in [-0.39, 0.29) is 6.10 Å². The van der Waals surface area contributed by atoms with E-state index in [4.69, 9.17) is 9.47 Å². The van der Waals surface area contributed by atoms with Gasteiger partial charge < -0.3 is 14.8 Å². The van der Waals surface area contributed by atoms with Crippen molar-refractivity contribution in [1.82, 2.24) is 20.0 Å². The molecule has 130 valence electrons. The van der Waals surface area contributed by atoms with E-state index in [1.165, 1.54) is 0 Å². The van der Waals surface area contributed by atoms with E-state index in [1.54, 1.807) is 11.8 Å². The van der Waals surface area contributed by atoms with Crippen molar-refractivity contribution in [2.24, 2.45) is 0 Å². The number of nitrogens with one attached hydrogen (secondary N) is 1. The number of rotatable bonds is 7. The number of benzene rings is 1. The highest BCUT2D eigenvalue weighted by molar-refractivity contribution is 5.40. The normalized spacial score (nSPS) is 11.8. The van der Waals surface area contributed by atoms with Gasteiger partial charge in [0.05, 0.1) is 19.3 Å². The molecule has 0 saturated heterocycles. The van der Waals surface area contributed by atoms with Crippen LogP contribution in [0.2, 0.25) is 0 Å². The van der Waals surface area contributed by atoms with Gasteiger partial charge in [-0.05, 0) is 44.2 Å². The van der Waals surface area contributed by atoms with Crippen molar-refractivity contribution in [2.45, 2.75) is 20.0 Å². The highest BCUT2D eigenvalue weighted by Crippen LogP contribution is 2.26. The summed E-state index contributed by atoms with van der Waals surface area (Å²) in [6.07, 6.45) is 1.79. The highest BCUT2D eigenvalue weighted by Gasteiger charge is 2.09. The van der Waals surface area contributed by atoms with E-state index in [0.717, 1.165) is 11.4 Å². The lowest BCUT2D eigenvalue weighted by molar-refractivity contribution is 0.223. The maximum atomic E-state index is 5.90. The van der Waals surface area contributed by atoms with Gasteiger partial charge in [0.2, 0.25) is 0 Å². The fourth-order valence-corrected chi connectivity index (χ4v) is 2.31. The number of aromatic nitrogens is 4. The van der Waals surface area contributed by atoms with Crippen molar-refractivity contribution in [2.75, 3.05) is 19.0 Å². The minimum Gasteiger partial charge on any atom is -0.493 e. The summed E-state index contributed by atoms with van der Waals surface area (Å²) in [5, 5.41) is 15.9. The summed E-state index contributed by atoms with van der Waals surface area (Å²) in [4.78, 5) is 0. The Labute approximate surface area is 146 Å². The molecular formula is C18H21N5O2. The van der Waals surface area contributed by atoms with Gasteiger partial charge in [-0.15, -0.1) is 10.2 Å². The number of ether oxygens (including phenoxy) is 2. The van der Waals surface area contributed by atoms with Crippen LogP contribution in [-0.4, -0.2) is 39.7 Å². The van der Waals surface area contributed by atoms with Crippen LogP contribution in [-0.2, 0) is 0 Å². The molecule has 2 heterocycles. The van der Waals surface area contributed by atoms with Gasteiger partial charge in [-0.25, -0.2) is 4.68 Å². The minimum atomic E-state index is -0.0634. The summed E-state index contributed by atoms with van der Waals surface area (Å²) in [5.74, 6) is 2.79. The van der Waals surface area contributed by atoms with Gasteiger partial charge in [-0.2, -0.15) is 5.10 Å². The van der Waals surface area contributed by atoms with Gasteiger partial charge in [0.15, 0.2) is 17.3 Å². The van der Waals surface area contributed by atoms with E-state index in [0.29, 0.717) is 23.9 Å². The first-order valence-corrected chi connectivity index (χ1v) is 8.05. The zero-order valence-electron chi connectivity index (χ0n) is 14.5. The van der Waals surface area contributed by atoms with Crippen molar-refractivity contribution < 1.29 is 9.47 Å². The Bertz CT molecular complexity index is 816. The van der Waals surface area contributed by atoms with Gasteiger partial charge in [-0.3, -0.25) is 0 Å². The molecule has 0 aliphatic heterocycles. The second kappa shape index (κ2) is 7.65. The third-order valence-corrected chi connectivity index (χ3v) is 3.58. The molecule has 1 atom stereocenters. The van der Waals surface area contributed by atoms with Crippen LogP contribution in [0.25, 0.3) is 5.82 Å².